The normalized spacial score (nSPS) is 22.6. The monoisotopic (exact) mass is 458 g/mol. The van der Waals surface area contributed by atoms with Gasteiger partial charge in [0.15, 0.2) is 0 Å². The lowest BCUT2D eigenvalue weighted by atomic mass is 9.74. The van der Waals surface area contributed by atoms with Gasteiger partial charge in [-0.15, -0.1) is 0 Å². The number of ether oxygens (including phenoxy) is 1. The number of nitrogens with zero attached hydrogens (tertiary/aromatic N) is 1. The van der Waals surface area contributed by atoms with Crippen LogP contribution in [0.15, 0.2) is 30.3 Å². The summed E-state index contributed by atoms with van der Waals surface area (Å²) in [6, 6.07) is 10.0. The highest BCUT2D eigenvalue weighted by Gasteiger charge is 2.41. The fourth-order valence-electron chi connectivity index (χ4n) is 6.19. The van der Waals surface area contributed by atoms with Crippen LogP contribution in [0, 0.1) is 17.8 Å². The van der Waals surface area contributed by atoms with Crippen molar-refractivity contribution in [1.82, 2.24) is 10.2 Å². The quantitative estimate of drug-likeness (QED) is 0.444. The molecule has 0 radical (unpaired) electrons. The number of nitrogens with one attached hydrogen (secondary N) is 1. The van der Waals surface area contributed by atoms with Crippen molar-refractivity contribution in [2.75, 3.05) is 40.4 Å². The average Bonchev–Trinajstić information content (AvgIpc) is 2.85. The minimum atomic E-state index is -0.925. The molecule has 1 heterocycles. The number of rotatable bonds is 12. The second-order valence-electron chi connectivity index (χ2n) is 10.4. The molecule has 1 aromatic rings. The van der Waals surface area contributed by atoms with Crippen molar-refractivity contribution in [3.8, 4) is 0 Å². The van der Waals surface area contributed by atoms with Gasteiger partial charge in [0, 0.05) is 39.1 Å². The number of amides is 1. The van der Waals surface area contributed by atoms with Gasteiger partial charge in [-0.05, 0) is 63.1 Å². The lowest BCUT2D eigenvalue weighted by Gasteiger charge is -2.43. The molecular formula is C28H46N2O3. The molecule has 3 rings (SSSR count). The maximum Gasteiger partial charge on any atom is 0.222 e. The Morgan fingerprint density at radius 1 is 1.18 bits per heavy atom. The lowest BCUT2D eigenvalue weighted by molar-refractivity contribution is -0.138. The molecule has 1 saturated heterocycles. The van der Waals surface area contributed by atoms with E-state index in [9.17, 15) is 9.90 Å². The number of benzene rings is 1. The third-order valence-electron chi connectivity index (χ3n) is 7.98. The molecule has 2 fully saturated rings. The summed E-state index contributed by atoms with van der Waals surface area (Å²) >= 11 is 0. The van der Waals surface area contributed by atoms with Gasteiger partial charge in [0.2, 0.25) is 5.91 Å². The number of methoxy groups -OCH3 is 1. The van der Waals surface area contributed by atoms with Gasteiger partial charge in [-0.25, -0.2) is 0 Å². The second kappa shape index (κ2) is 13.5. The van der Waals surface area contributed by atoms with Crippen LogP contribution in [0.4, 0.5) is 0 Å². The lowest BCUT2D eigenvalue weighted by Crippen LogP contribution is -2.48. The Kier molecular flexibility index (Phi) is 10.7. The van der Waals surface area contributed by atoms with Crippen molar-refractivity contribution in [1.29, 1.82) is 0 Å². The van der Waals surface area contributed by atoms with Crippen molar-refractivity contribution in [2.45, 2.75) is 76.2 Å². The zero-order valence-electron chi connectivity index (χ0n) is 20.9. The maximum atomic E-state index is 13.4. The van der Waals surface area contributed by atoms with Crippen LogP contribution < -0.4 is 5.32 Å². The van der Waals surface area contributed by atoms with E-state index in [4.69, 9.17) is 4.74 Å². The van der Waals surface area contributed by atoms with E-state index in [-0.39, 0.29) is 11.8 Å². The number of aliphatic hydroxyl groups is 1. The Morgan fingerprint density at radius 2 is 1.94 bits per heavy atom. The van der Waals surface area contributed by atoms with Gasteiger partial charge in [-0.1, -0.05) is 62.4 Å². The van der Waals surface area contributed by atoms with Crippen LogP contribution in [0.1, 0.15) is 76.2 Å². The average molecular weight is 459 g/mol. The summed E-state index contributed by atoms with van der Waals surface area (Å²) < 4.78 is 5.27. The SMILES string of the molecule is CNC[C@@H](CC(=O)N1CCC[C@@H]([C@@](O)(CCCOC)c2ccccc2)C1)CC1CCCCC1. The highest BCUT2D eigenvalue weighted by atomic mass is 16.5. The fraction of sp³-hybridized carbons (Fsp3) is 0.750. The Hall–Kier alpha value is -1.43. The van der Waals surface area contributed by atoms with Gasteiger partial charge in [0.1, 0.15) is 0 Å². The van der Waals surface area contributed by atoms with Crippen LogP contribution in [0.5, 0.6) is 0 Å². The molecule has 2 N–H and O–H groups in total. The summed E-state index contributed by atoms with van der Waals surface area (Å²) in [6.07, 6.45) is 11.9. The molecule has 5 nitrogen and oxygen atoms in total. The van der Waals surface area contributed by atoms with E-state index >= 15 is 0 Å². The molecule has 5 heteroatoms. The van der Waals surface area contributed by atoms with Gasteiger partial charge in [0.05, 0.1) is 5.60 Å². The second-order valence-corrected chi connectivity index (χ2v) is 10.4. The number of piperidine rings is 1. The van der Waals surface area contributed by atoms with Crippen LogP contribution in [-0.2, 0) is 15.1 Å². The summed E-state index contributed by atoms with van der Waals surface area (Å²) in [5.41, 5.74) is 0.0383. The van der Waals surface area contributed by atoms with Gasteiger partial charge in [-0.3, -0.25) is 4.79 Å². The van der Waals surface area contributed by atoms with E-state index < -0.39 is 5.60 Å². The molecule has 186 valence electrons. The number of hydrogen-bond donors (Lipinski definition) is 2. The molecule has 3 atom stereocenters. The van der Waals surface area contributed by atoms with Gasteiger partial charge < -0.3 is 20.1 Å². The molecule has 0 bridgehead atoms. The first-order chi connectivity index (χ1) is 16.1. The summed E-state index contributed by atoms with van der Waals surface area (Å²) in [4.78, 5) is 15.4. The molecule has 1 saturated carbocycles. The molecule has 0 spiro atoms. The predicted octanol–water partition coefficient (Wildman–Crippen LogP) is 4.74. The van der Waals surface area contributed by atoms with Gasteiger partial charge in [0.25, 0.3) is 0 Å². The largest absolute Gasteiger partial charge is 0.385 e. The Morgan fingerprint density at radius 3 is 2.64 bits per heavy atom. The minimum absolute atomic E-state index is 0.0514. The summed E-state index contributed by atoms with van der Waals surface area (Å²) in [6.45, 7) is 3.00. The molecular weight excluding hydrogens is 412 g/mol. The Labute approximate surface area is 201 Å². The van der Waals surface area contributed by atoms with Crippen LogP contribution in [0.3, 0.4) is 0 Å². The van der Waals surface area contributed by atoms with Gasteiger partial charge >= 0.3 is 0 Å². The van der Waals surface area contributed by atoms with E-state index in [1.54, 1.807) is 7.11 Å². The number of hydrogen-bond acceptors (Lipinski definition) is 4. The molecule has 1 aliphatic carbocycles. The fourth-order valence-corrected chi connectivity index (χ4v) is 6.19. The highest BCUT2D eigenvalue weighted by Crippen LogP contribution is 2.39. The third kappa shape index (κ3) is 7.53. The van der Waals surface area contributed by atoms with E-state index in [2.05, 4.69) is 5.32 Å². The standard InChI is InChI=1S/C28H46N2O3/c1-29-21-24(19-23-11-5-3-6-12-23)20-27(31)30-17-9-15-26(22-30)28(32,16-10-18-33-2)25-13-7-4-8-14-25/h4,7-8,13-14,23-24,26,29,32H,3,5-6,9-12,15-22H2,1-2H3/t24-,26-,28-/m1/s1. The summed E-state index contributed by atoms with van der Waals surface area (Å²) in [5, 5.41) is 15.2. The van der Waals surface area contributed by atoms with Crippen molar-refractivity contribution < 1.29 is 14.6 Å². The summed E-state index contributed by atoms with van der Waals surface area (Å²) in [7, 11) is 3.70. The molecule has 1 aliphatic heterocycles. The molecule has 1 aromatic carbocycles. The van der Waals surface area contributed by atoms with Crippen molar-refractivity contribution >= 4 is 5.91 Å². The van der Waals surface area contributed by atoms with Crippen molar-refractivity contribution in [3.05, 3.63) is 35.9 Å². The number of carbonyl (C=O) groups excluding carboxylic acids is 1. The first-order valence-corrected chi connectivity index (χ1v) is 13.3. The minimum Gasteiger partial charge on any atom is -0.385 e. The molecule has 33 heavy (non-hydrogen) atoms. The smallest absolute Gasteiger partial charge is 0.222 e. The molecule has 1 amide bonds. The zero-order valence-corrected chi connectivity index (χ0v) is 20.9. The number of likely N-dealkylation sites (tertiary alicyclic amines) is 1. The Bertz CT molecular complexity index is 692. The molecule has 0 unspecified atom stereocenters. The summed E-state index contributed by atoms with van der Waals surface area (Å²) in [5.74, 6) is 1.50. The third-order valence-corrected chi connectivity index (χ3v) is 7.98. The first kappa shape index (κ1) is 26.2. The van der Waals surface area contributed by atoms with Crippen LogP contribution >= 0.6 is 0 Å². The topological polar surface area (TPSA) is 61.8 Å². The van der Waals surface area contributed by atoms with Crippen molar-refractivity contribution in [3.63, 3.8) is 0 Å². The molecule has 0 aromatic heterocycles. The first-order valence-electron chi connectivity index (χ1n) is 13.3. The van der Waals surface area contributed by atoms with Crippen LogP contribution in [-0.4, -0.2) is 56.3 Å². The van der Waals surface area contributed by atoms with E-state index in [0.29, 0.717) is 31.9 Å². The Balaban J connectivity index is 1.65. The number of carbonyl (C=O) groups is 1. The zero-order chi connectivity index (χ0) is 23.5. The van der Waals surface area contributed by atoms with Crippen LogP contribution in [0.2, 0.25) is 0 Å². The van der Waals surface area contributed by atoms with E-state index in [1.807, 2.05) is 42.3 Å². The predicted molar refractivity (Wildman–Crippen MR) is 134 cm³/mol. The van der Waals surface area contributed by atoms with E-state index in [0.717, 1.165) is 50.3 Å². The van der Waals surface area contributed by atoms with Gasteiger partial charge in [-0.2, -0.15) is 0 Å². The molecule has 2 aliphatic rings. The maximum absolute atomic E-state index is 13.4. The van der Waals surface area contributed by atoms with E-state index in [1.165, 1.54) is 32.1 Å². The van der Waals surface area contributed by atoms with Crippen LogP contribution in [0.25, 0.3) is 0 Å². The highest BCUT2D eigenvalue weighted by molar-refractivity contribution is 5.76. The van der Waals surface area contributed by atoms with Crippen molar-refractivity contribution in [2.24, 2.45) is 17.8 Å².